The molecule has 138 valence electrons. The van der Waals surface area contributed by atoms with Gasteiger partial charge in [0.15, 0.2) is 5.82 Å². The lowest BCUT2D eigenvalue weighted by molar-refractivity contribution is 0.0601. The fraction of sp³-hybridized carbons (Fsp3) is 0.412. The van der Waals surface area contributed by atoms with Gasteiger partial charge in [0.25, 0.3) is 0 Å². The van der Waals surface area contributed by atoms with Gasteiger partial charge in [-0.2, -0.15) is 0 Å². The Kier molecular flexibility index (Phi) is 5.17. The average molecular weight is 359 g/mol. The number of rotatable bonds is 7. The van der Waals surface area contributed by atoms with E-state index in [1.807, 2.05) is 11.5 Å². The molecule has 2 heterocycles. The molecular formula is C17H21N5O4. The largest absolute Gasteiger partial charge is 0.465 e. The van der Waals surface area contributed by atoms with E-state index in [9.17, 15) is 9.59 Å². The Morgan fingerprint density at radius 3 is 2.69 bits per heavy atom. The lowest BCUT2D eigenvalue weighted by atomic mass is 10.2. The molecule has 9 heteroatoms. The van der Waals surface area contributed by atoms with Crippen LogP contribution in [0.3, 0.4) is 0 Å². The van der Waals surface area contributed by atoms with Gasteiger partial charge in [0.05, 0.1) is 43.4 Å². The maximum Gasteiger partial charge on any atom is 0.337 e. The molecule has 0 spiro atoms. The average Bonchev–Trinajstić information content (AvgIpc) is 3.22. The van der Waals surface area contributed by atoms with Gasteiger partial charge >= 0.3 is 11.7 Å². The van der Waals surface area contributed by atoms with Crippen LogP contribution in [0.4, 0.5) is 0 Å². The summed E-state index contributed by atoms with van der Waals surface area (Å²) in [6.45, 7) is 3.76. The number of hydrogen-bond acceptors (Lipinski definition) is 6. The number of nitrogens with zero attached hydrogens (tertiary/aromatic N) is 5. The van der Waals surface area contributed by atoms with Crippen molar-refractivity contribution in [3.05, 3.63) is 46.4 Å². The van der Waals surface area contributed by atoms with E-state index in [1.165, 1.54) is 7.11 Å². The number of methoxy groups -OCH3 is 2. The van der Waals surface area contributed by atoms with E-state index >= 15 is 0 Å². The van der Waals surface area contributed by atoms with Crippen molar-refractivity contribution in [1.82, 2.24) is 23.9 Å². The van der Waals surface area contributed by atoms with Crippen LogP contribution < -0.4 is 5.69 Å². The molecule has 0 aliphatic carbocycles. The Hall–Kier alpha value is -2.94. The fourth-order valence-corrected chi connectivity index (χ4v) is 2.92. The third kappa shape index (κ3) is 3.13. The van der Waals surface area contributed by atoms with Crippen molar-refractivity contribution in [3.8, 4) is 0 Å². The molecule has 1 aromatic carbocycles. The Morgan fingerprint density at radius 1 is 1.19 bits per heavy atom. The Bertz CT molecular complexity index is 985. The number of carbonyl (C=O) groups excluding carboxylic acids is 1. The molecule has 3 rings (SSSR count). The number of carbonyl (C=O) groups is 1. The van der Waals surface area contributed by atoms with Crippen LogP contribution in [-0.4, -0.2) is 50.7 Å². The minimum absolute atomic E-state index is 0.190. The number of hydrogen-bond donors (Lipinski definition) is 0. The van der Waals surface area contributed by atoms with Gasteiger partial charge in [-0.15, -0.1) is 10.2 Å². The summed E-state index contributed by atoms with van der Waals surface area (Å²) in [7, 11) is 2.91. The smallest absolute Gasteiger partial charge is 0.337 e. The first kappa shape index (κ1) is 17.9. The summed E-state index contributed by atoms with van der Waals surface area (Å²) in [5.41, 5.74) is 1.56. The van der Waals surface area contributed by atoms with Gasteiger partial charge in [-0.25, -0.2) is 9.59 Å². The van der Waals surface area contributed by atoms with Crippen molar-refractivity contribution in [2.75, 3.05) is 20.8 Å². The SMILES string of the molecule is CCn1cnnc1Cn1c(=O)n(CCOC)c2ccc(C(=O)OC)cc21. The first-order chi connectivity index (χ1) is 12.6. The van der Waals surface area contributed by atoms with Gasteiger partial charge in [0.2, 0.25) is 0 Å². The first-order valence-corrected chi connectivity index (χ1v) is 8.27. The predicted octanol–water partition coefficient (Wildman–Crippen LogP) is 0.896. The summed E-state index contributed by atoms with van der Waals surface area (Å²) in [6, 6.07) is 5.06. The molecule has 0 amide bonds. The maximum atomic E-state index is 13.0. The monoisotopic (exact) mass is 359 g/mol. The molecule has 2 aromatic heterocycles. The van der Waals surface area contributed by atoms with Crippen LogP contribution in [0.2, 0.25) is 0 Å². The van der Waals surface area contributed by atoms with Crippen molar-refractivity contribution in [2.24, 2.45) is 0 Å². The van der Waals surface area contributed by atoms with E-state index in [-0.39, 0.29) is 12.2 Å². The predicted molar refractivity (Wildman–Crippen MR) is 94.2 cm³/mol. The number of aryl methyl sites for hydroxylation is 1. The van der Waals surface area contributed by atoms with Crippen LogP contribution in [-0.2, 0) is 29.1 Å². The number of ether oxygens (including phenoxy) is 2. The summed E-state index contributed by atoms with van der Waals surface area (Å²) in [4.78, 5) is 24.9. The van der Waals surface area contributed by atoms with Crippen molar-refractivity contribution in [1.29, 1.82) is 0 Å². The summed E-state index contributed by atoms with van der Waals surface area (Å²) in [5.74, 6) is 0.219. The van der Waals surface area contributed by atoms with Crippen molar-refractivity contribution >= 4 is 17.0 Å². The molecule has 0 unspecified atom stereocenters. The van der Waals surface area contributed by atoms with E-state index in [4.69, 9.17) is 9.47 Å². The summed E-state index contributed by atoms with van der Waals surface area (Å²) >= 11 is 0. The topological polar surface area (TPSA) is 93.2 Å². The van der Waals surface area contributed by atoms with Crippen LogP contribution in [0.1, 0.15) is 23.1 Å². The van der Waals surface area contributed by atoms with Crippen molar-refractivity contribution in [3.63, 3.8) is 0 Å². The summed E-state index contributed by atoms with van der Waals surface area (Å²) in [6.07, 6.45) is 1.63. The highest BCUT2D eigenvalue weighted by Crippen LogP contribution is 2.17. The zero-order valence-corrected chi connectivity index (χ0v) is 15.0. The number of aromatic nitrogens is 5. The van der Waals surface area contributed by atoms with Crippen molar-refractivity contribution in [2.45, 2.75) is 26.6 Å². The summed E-state index contributed by atoms with van der Waals surface area (Å²) in [5, 5.41) is 8.01. The molecular weight excluding hydrogens is 338 g/mol. The molecule has 0 saturated carbocycles. The highest BCUT2D eigenvalue weighted by Gasteiger charge is 2.17. The lowest BCUT2D eigenvalue weighted by Gasteiger charge is -2.05. The molecule has 3 aromatic rings. The number of fused-ring (bicyclic) bond motifs is 1. The van der Waals surface area contributed by atoms with Crippen molar-refractivity contribution < 1.29 is 14.3 Å². The van der Waals surface area contributed by atoms with E-state index in [1.54, 1.807) is 40.8 Å². The standard InChI is InChI=1S/C17H21N5O4/c1-4-20-11-18-19-15(20)10-22-14-9-12(16(23)26-3)5-6-13(14)21(17(22)24)7-8-25-2/h5-6,9,11H,4,7-8,10H2,1-3H3. The van der Waals surface area contributed by atoms with Gasteiger partial charge < -0.3 is 14.0 Å². The van der Waals surface area contributed by atoms with Gasteiger partial charge in [0.1, 0.15) is 6.33 Å². The maximum absolute atomic E-state index is 13.0. The van der Waals surface area contributed by atoms with E-state index in [2.05, 4.69) is 10.2 Å². The zero-order valence-electron chi connectivity index (χ0n) is 15.0. The number of imidazole rings is 1. The molecule has 0 saturated heterocycles. The van der Waals surface area contributed by atoms with Gasteiger partial charge in [0, 0.05) is 13.7 Å². The highest BCUT2D eigenvalue weighted by molar-refractivity contribution is 5.93. The van der Waals surface area contributed by atoms with Crippen LogP contribution in [0.25, 0.3) is 11.0 Å². The third-order valence-electron chi connectivity index (χ3n) is 4.29. The second kappa shape index (κ2) is 7.52. The van der Waals surface area contributed by atoms with Gasteiger partial charge in [-0.05, 0) is 25.1 Å². The third-order valence-corrected chi connectivity index (χ3v) is 4.29. The van der Waals surface area contributed by atoms with Crippen LogP contribution in [0.5, 0.6) is 0 Å². The Labute approximate surface area is 149 Å². The zero-order chi connectivity index (χ0) is 18.7. The fourth-order valence-electron chi connectivity index (χ4n) is 2.92. The van der Waals surface area contributed by atoms with Crippen LogP contribution in [0, 0.1) is 0 Å². The quantitative estimate of drug-likeness (QED) is 0.582. The second-order valence-electron chi connectivity index (χ2n) is 5.74. The normalized spacial score (nSPS) is 11.2. The van der Waals surface area contributed by atoms with E-state index < -0.39 is 5.97 Å². The number of benzene rings is 1. The minimum atomic E-state index is -0.452. The van der Waals surface area contributed by atoms with Gasteiger partial charge in [-0.1, -0.05) is 0 Å². The molecule has 0 fully saturated rings. The molecule has 0 aliphatic heterocycles. The highest BCUT2D eigenvalue weighted by atomic mass is 16.5. The molecule has 0 atom stereocenters. The van der Waals surface area contributed by atoms with Crippen LogP contribution in [0.15, 0.2) is 29.3 Å². The molecule has 0 radical (unpaired) electrons. The molecule has 0 N–H and O–H groups in total. The number of esters is 1. The molecule has 0 bridgehead atoms. The van der Waals surface area contributed by atoms with E-state index in [0.717, 1.165) is 5.52 Å². The van der Waals surface area contributed by atoms with Crippen LogP contribution >= 0.6 is 0 Å². The molecule has 26 heavy (non-hydrogen) atoms. The lowest BCUT2D eigenvalue weighted by Crippen LogP contribution is -2.27. The molecule has 0 aliphatic rings. The summed E-state index contributed by atoms with van der Waals surface area (Å²) < 4.78 is 15.0. The molecule has 9 nitrogen and oxygen atoms in total. The van der Waals surface area contributed by atoms with Gasteiger partial charge in [-0.3, -0.25) is 9.13 Å². The minimum Gasteiger partial charge on any atom is -0.465 e. The van der Waals surface area contributed by atoms with E-state index in [0.29, 0.717) is 36.6 Å². The first-order valence-electron chi connectivity index (χ1n) is 8.27. The second-order valence-corrected chi connectivity index (χ2v) is 5.74. The Morgan fingerprint density at radius 2 is 2.00 bits per heavy atom. The Balaban J connectivity index is 2.16.